The minimum Gasteiger partial charge on any atom is -0.394 e. The molecule has 3 N–H and O–H groups in total. The number of imidazole rings is 1. The van der Waals surface area contributed by atoms with Gasteiger partial charge < -0.3 is 25.1 Å². The summed E-state index contributed by atoms with van der Waals surface area (Å²) < 4.78 is 19.8. The fraction of sp³-hybridized carbons (Fsp3) is 0.316. The minimum absolute atomic E-state index is 0.181. The Morgan fingerprint density at radius 3 is 2.71 bits per heavy atom. The predicted molar refractivity (Wildman–Crippen MR) is 99.7 cm³/mol. The van der Waals surface area contributed by atoms with Gasteiger partial charge >= 0.3 is 0 Å². The number of benzene rings is 1. The lowest BCUT2D eigenvalue weighted by Gasteiger charge is -2.19. The predicted octanol–water partition coefficient (Wildman–Crippen LogP) is 1.12. The van der Waals surface area contributed by atoms with Crippen molar-refractivity contribution in [1.29, 1.82) is 0 Å². The van der Waals surface area contributed by atoms with E-state index in [4.69, 9.17) is 19.9 Å². The summed E-state index contributed by atoms with van der Waals surface area (Å²) in [4.78, 5) is 12.5. The van der Waals surface area contributed by atoms with Crippen molar-refractivity contribution in [3.63, 3.8) is 0 Å². The number of nitrogens with two attached hydrogens (primary N) is 1. The van der Waals surface area contributed by atoms with Crippen LogP contribution in [0.15, 0.2) is 49.1 Å². The lowest BCUT2D eigenvalue weighted by molar-refractivity contribution is -0.133. The Balaban J connectivity index is 1.42. The number of aliphatic hydroxyl groups excluding tert-OH is 1. The third-order valence-electron chi connectivity index (χ3n) is 4.95. The molecule has 144 valence electrons. The molecule has 3 aromatic rings. The smallest absolute Gasteiger partial charge is 0.178 e. The highest BCUT2D eigenvalue weighted by Gasteiger charge is 2.53. The van der Waals surface area contributed by atoms with Gasteiger partial charge in [-0.25, -0.2) is 15.0 Å². The summed E-state index contributed by atoms with van der Waals surface area (Å²) in [5.41, 5.74) is 7.96. The Bertz CT molecular complexity index is 1010. The standard InChI is InChI=1S/C19H19N5O4/c20-17-14-18(22-9-21-17)24(10-23-14)19-16-15(12(8-25)26-19)27-13(28-16)7-6-11-4-2-1-3-5-11/h1-7,9-10,12-13,15-16,19,25H,8H2,(H2,20,21,22)/t12-,13?,15+,16?,19-/m1/s1. The Hall–Kier alpha value is -2.85. The monoisotopic (exact) mass is 381 g/mol. The van der Waals surface area contributed by atoms with Crippen molar-refractivity contribution < 1.29 is 19.3 Å². The Kier molecular flexibility index (Phi) is 4.29. The average Bonchev–Trinajstić information content (AvgIpc) is 3.41. The molecule has 9 nitrogen and oxygen atoms in total. The number of nitrogens with zero attached hydrogens (tertiary/aromatic N) is 4. The molecule has 0 saturated carbocycles. The van der Waals surface area contributed by atoms with Gasteiger partial charge in [0.15, 0.2) is 24.0 Å². The first-order chi connectivity index (χ1) is 13.7. The molecule has 0 radical (unpaired) electrons. The molecule has 4 heterocycles. The topological polar surface area (TPSA) is 118 Å². The van der Waals surface area contributed by atoms with Gasteiger partial charge in [0.05, 0.1) is 12.9 Å². The summed E-state index contributed by atoms with van der Waals surface area (Å²) >= 11 is 0. The van der Waals surface area contributed by atoms with Crippen molar-refractivity contribution in [2.24, 2.45) is 0 Å². The Morgan fingerprint density at radius 2 is 1.89 bits per heavy atom. The first-order valence-electron chi connectivity index (χ1n) is 8.98. The van der Waals surface area contributed by atoms with Crippen molar-refractivity contribution in [3.05, 3.63) is 54.6 Å². The molecular formula is C19H19N5O4. The van der Waals surface area contributed by atoms with Crippen molar-refractivity contribution in [2.45, 2.75) is 30.8 Å². The van der Waals surface area contributed by atoms with Gasteiger partial charge in [0, 0.05) is 0 Å². The molecule has 9 heteroatoms. The highest BCUT2D eigenvalue weighted by molar-refractivity contribution is 5.81. The van der Waals surface area contributed by atoms with Crippen LogP contribution in [0.4, 0.5) is 5.82 Å². The number of anilines is 1. The van der Waals surface area contributed by atoms with Crippen LogP contribution in [0.25, 0.3) is 17.2 Å². The maximum atomic E-state index is 9.73. The zero-order valence-electron chi connectivity index (χ0n) is 14.8. The summed E-state index contributed by atoms with van der Waals surface area (Å²) in [6.45, 7) is -0.181. The normalized spacial score (nSPS) is 29.7. The van der Waals surface area contributed by atoms with E-state index in [9.17, 15) is 5.11 Å². The maximum absolute atomic E-state index is 9.73. The van der Waals surface area contributed by atoms with E-state index in [1.54, 1.807) is 10.9 Å². The average molecular weight is 381 g/mol. The largest absolute Gasteiger partial charge is 0.394 e. The second-order valence-electron chi connectivity index (χ2n) is 6.67. The molecule has 0 spiro atoms. The van der Waals surface area contributed by atoms with Crippen molar-refractivity contribution in [2.75, 3.05) is 12.3 Å². The van der Waals surface area contributed by atoms with Gasteiger partial charge in [-0.15, -0.1) is 0 Å². The van der Waals surface area contributed by atoms with Crippen molar-refractivity contribution in [1.82, 2.24) is 19.5 Å². The minimum atomic E-state index is -0.545. The van der Waals surface area contributed by atoms with Crippen LogP contribution < -0.4 is 5.73 Å². The summed E-state index contributed by atoms with van der Waals surface area (Å²) in [6, 6.07) is 9.89. The van der Waals surface area contributed by atoms with Crippen LogP contribution >= 0.6 is 0 Å². The number of fused-ring (bicyclic) bond motifs is 2. The van der Waals surface area contributed by atoms with E-state index in [2.05, 4.69) is 15.0 Å². The molecule has 2 aliphatic heterocycles. The van der Waals surface area contributed by atoms with Gasteiger partial charge in [0.25, 0.3) is 0 Å². The molecule has 2 aliphatic rings. The van der Waals surface area contributed by atoms with Crippen LogP contribution in [-0.2, 0) is 14.2 Å². The lowest BCUT2D eigenvalue weighted by Crippen LogP contribution is -2.30. The molecule has 5 atom stereocenters. The van der Waals surface area contributed by atoms with Crippen molar-refractivity contribution >= 4 is 23.1 Å². The molecule has 2 unspecified atom stereocenters. The molecule has 0 amide bonds. The first kappa shape index (κ1) is 17.3. The van der Waals surface area contributed by atoms with Crippen LogP contribution in [0.5, 0.6) is 0 Å². The van der Waals surface area contributed by atoms with Gasteiger partial charge in [-0.3, -0.25) is 4.57 Å². The maximum Gasteiger partial charge on any atom is 0.178 e. The number of rotatable bonds is 4. The molecule has 2 fully saturated rings. The zero-order valence-corrected chi connectivity index (χ0v) is 14.8. The van der Waals surface area contributed by atoms with Gasteiger partial charge in [-0.1, -0.05) is 36.4 Å². The molecular weight excluding hydrogens is 362 g/mol. The van der Waals surface area contributed by atoms with E-state index in [1.165, 1.54) is 6.33 Å². The quantitative estimate of drug-likeness (QED) is 0.690. The number of hydrogen-bond donors (Lipinski definition) is 2. The van der Waals surface area contributed by atoms with Crippen molar-refractivity contribution in [3.8, 4) is 0 Å². The third kappa shape index (κ3) is 2.85. The van der Waals surface area contributed by atoms with Crippen LogP contribution in [-0.4, -0.2) is 55.8 Å². The number of aromatic nitrogens is 4. The molecule has 1 aromatic carbocycles. The van der Waals surface area contributed by atoms with Gasteiger partial charge in [0.1, 0.15) is 30.2 Å². The van der Waals surface area contributed by atoms with Gasteiger partial charge in [-0.2, -0.15) is 0 Å². The number of hydrogen-bond acceptors (Lipinski definition) is 8. The van der Waals surface area contributed by atoms with Gasteiger partial charge in [0.2, 0.25) is 0 Å². The van der Waals surface area contributed by atoms with E-state index in [0.717, 1.165) is 5.56 Å². The number of ether oxygens (including phenoxy) is 3. The molecule has 0 bridgehead atoms. The highest BCUT2D eigenvalue weighted by atomic mass is 16.8. The van der Waals surface area contributed by atoms with Crippen LogP contribution in [0.3, 0.4) is 0 Å². The summed E-state index contributed by atoms with van der Waals surface area (Å²) in [6.07, 6.45) is 4.34. The first-order valence-corrected chi connectivity index (χ1v) is 8.98. The summed E-state index contributed by atoms with van der Waals surface area (Å²) in [5, 5.41) is 9.73. The molecule has 2 aromatic heterocycles. The molecule has 0 aliphatic carbocycles. The zero-order chi connectivity index (χ0) is 19.1. The van der Waals surface area contributed by atoms with E-state index in [-0.39, 0.29) is 6.61 Å². The Labute approximate surface area is 160 Å². The fourth-order valence-corrected chi connectivity index (χ4v) is 3.63. The van der Waals surface area contributed by atoms with E-state index < -0.39 is 30.8 Å². The third-order valence-corrected chi connectivity index (χ3v) is 4.95. The SMILES string of the molecule is Nc1ncnc2c1ncn2[C@@H]1O[C@H](CO)[C@@H]2OC(C=Cc3ccccc3)OC21. The summed E-state index contributed by atoms with van der Waals surface area (Å²) in [5.74, 6) is 0.296. The molecule has 28 heavy (non-hydrogen) atoms. The Morgan fingerprint density at radius 1 is 1.07 bits per heavy atom. The number of nitrogen functional groups attached to an aromatic ring is 1. The van der Waals surface area contributed by atoms with E-state index in [1.807, 2.05) is 42.5 Å². The fourth-order valence-electron chi connectivity index (χ4n) is 3.63. The van der Waals surface area contributed by atoms with E-state index >= 15 is 0 Å². The summed E-state index contributed by atoms with van der Waals surface area (Å²) in [7, 11) is 0. The number of aliphatic hydroxyl groups is 1. The van der Waals surface area contributed by atoms with Crippen LogP contribution in [0, 0.1) is 0 Å². The highest BCUT2D eigenvalue weighted by Crippen LogP contribution is 2.40. The lowest BCUT2D eigenvalue weighted by atomic mass is 10.1. The van der Waals surface area contributed by atoms with Crippen LogP contribution in [0.2, 0.25) is 0 Å². The van der Waals surface area contributed by atoms with Crippen LogP contribution in [0.1, 0.15) is 11.8 Å². The second-order valence-corrected chi connectivity index (χ2v) is 6.67. The molecule has 5 rings (SSSR count). The molecule has 2 saturated heterocycles. The van der Waals surface area contributed by atoms with E-state index in [0.29, 0.717) is 17.0 Å². The second kappa shape index (κ2) is 6.95. The van der Waals surface area contributed by atoms with Gasteiger partial charge in [-0.05, 0) is 11.6 Å².